The second-order valence-corrected chi connectivity index (χ2v) is 6.73. The van der Waals surface area contributed by atoms with Gasteiger partial charge in [0.25, 0.3) is 0 Å². The number of benzene rings is 1. The first kappa shape index (κ1) is 15.2. The summed E-state index contributed by atoms with van der Waals surface area (Å²) in [7, 11) is 0. The molecule has 1 aromatic heterocycles. The fourth-order valence-electron chi connectivity index (χ4n) is 4.02. The molecular weight excluding hydrogens is 300 g/mol. The number of carbonyl (C=O) groups excluding carboxylic acids is 1. The Kier molecular flexibility index (Phi) is 4.24. The molecule has 0 spiro atoms. The zero-order valence-electron chi connectivity index (χ0n) is 13.9. The number of aromatic nitrogens is 2. The molecule has 2 aliphatic rings. The minimum absolute atomic E-state index is 0.166. The van der Waals surface area contributed by atoms with Crippen LogP contribution in [0, 0.1) is 0 Å². The van der Waals surface area contributed by atoms with E-state index in [0.29, 0.717) is 6.42 Å². The third kappa shape index (κ3) is 2.90. The first-order valence-corrected chi connectivity index (χ1v) is 8.94. The van der Waals surface area contributed by atoms with E-state index >= 15 is 0 Å². The van der Waals surface area contributed by atoms with Gasteiger partial charge in [0.05, 0.1) is 11.7 Å². The minimum atomic E-state index is 0.166. The van der Waals surface area contributed by atoms with Crippen LogP contribution >= 0.6 is 0 Å². The molecule has 5 heteroatoms. The van der Waals surface area contributed by atoms with Crippen molar-refractivity contribution in [2.45, 2.75) is 38.1 Å². The molecule has 126 valence electrons. The van der Waals surface area contributed by atoms with Crippen molar-refractivity contribution in [1.82, 2.24) is 15.1 Å². The lowest BCUT2D eigenvalue weighted by Crippen LogP contribution is -2.40. The van der Waals surface area contributed by atoms with Crippen molar-refractivity contribution in [1.29, 1.82) is 0 Å². The largest absolute Gasteiger partial charge is 0.370 e. The monoisotopic (exact) mass is 324 g/mol. The molecule has 1 amide bonds. The number of hydrogen-bond acceptors (Lipinski definition) is 3. The molecule has 5 nitrogen and oxygen atoms in total. The molecular formula is C19H24N4O. The maximum Gasteiger partial charge on any atom is 0.224 e. The van der Waals surface area contributed by atoms with E-state index in [2.05, 4.69) is 44.3 Å². The Morgan fingerprint density at radius 1 is 1.21 bits per heavy atom. The van der Waals surface area contributed by atoms with Gasteiger partial charge in [-0.2, -0.15) is 5.10 Å². The van der Waals surface area contributed by atoms with E-state index in [9.17, 15) is 4.79 Å². The molecule has 1 aromatic carbocycles. The minimum Gasteiger partial charge on any atom is -0.370 e. The summed E-state index contributed by atoms with van der Waals surface area (Å²) in [4.78, 5) is 17.2. The van der Waals surface area contributed by atoms with Crippen LogP contribution in [0.25, 0.3) is 0 Å². The van der Waals surface area contributed by atoms with Crippen LogP contribution in [0.15, 0.2) is 36.5 Å². The third-order valence-electron chi connectivity index (χ3n) is 5.28. The number of likely N-dealkylation sites (tertiary alicyclic amines) is 1. The number of amides is 1. The topological polar surface area (TPSA) is 52.2 Å². The predicted molar refractivity (Wildman–Crippen MR) is 93.9 cm³/mol. The van der Waals surface area contributed by atoms with E-state index in [1.807, 2.05) is 6.07 Å². The number of para-hydroxylation sites is 1. The number of nitrogens with zero attached hydrogens (tertiary/aromatic N) is 3. The molecule has 3 heterocycles. The van der Waals surface area contributed by atoms with Crippen molar-refractivity contribution in [3.8, 4) is 0 Å². The first-order valence-electron chi connectivity index (χ1n) is 8.94. The summed E-state index contributed by atoms with van der Waals surface area (Å²) < 4.78 is 0. The summed E-state index contributed by atoms with van der Waals surface area (Å²) in [6.45, 7) is 2.69. The van der Waals surface area contributed by atoms with Gasteiger partial charge in [0, 0.05) is 37.9 Å². The summed E-state index contributed by atoms with van der Waals surface area (Å²) in [5, 5.41) is 7.10. The van der Waals surface area contributed by atoms with Gasteiger partial charge < -0.3 is 9.80 Å². The van der Waals surface area contributed by atoms with Crippen molar-refractivity contribution in [2.24, 2.45) is 0 Å². The standard InChI is InChI=1S/C19H24N4O/c24-19(10-14-22-13-9-15-5-1-2-6-17(15)22)23-12-4-3-7-18(23)16-8-11-20-21-16/h1-2,5-6,8,11,18H,3-4,7,9-10,12-14H2,(H,20,21)/t18-/m1/s1. The fraction of sp³-hybridized carbons (Fsp3) is 0.474. The summed E-state index contributed by atoms with van der Waals surface area (Å²) in [5.74, 6) is 0.263. The number of rotatable bonds is 4. The lowest BCUT2D eigenvalue weighted by atomic mass is 9.99. The van der Waals surface area contributed by atoms with Crippen LogP contribution in [-0.2, 0) is 11.2 Å². The molecule has 0 radical (unpaired) electrons. The molecule has 4 rings (SSSR count). The lowest BCUT2D eigenvalue weighted by Gasteiger charge is -2.35. The van der Waals surface area contributed by atoms with Gasteiger partial charge in [0.1, 0.15) is 0 Å². The van der Waals surface area contributed by atoms with E-state index in [1.165, 1.54) is 17.7 Å². The van der Waals surface area contributed by atoms with Crippen LogP contribution in [-0.4, -0.2) is 40.6 Å². The zero-order chi connectivity index (χ0) is 16.4. The van der Waals surface area contributed by atoms with Crippen LogP contribution in [0.5, 0.6) is 0 Å². The van der Waals surface area contributed by atoms with Gasteiger partial charge >= 0.3 is 0 Å². The summed E-state index contributed by atoms with van der Waals surface area (Å²) in [6.07, 6.45) is 6.74. The first-order chi connectivity index (χ1) is 11.8. The van der Waals surface area contributed by atoms with Gasteiger partial charge in [-0.05, 0) is 43.4 Å². The Hall–Kier alpha value is -2.30. The maximum absolute atomic E-state index is 12.8. The number of nitrogens with one attached hydrogen (secondary N) is 1. The zero-order valence-corrected chi connectivity index (χ0v) is 13.9. The van der Waals surface area contributed by atoms with Crippen molar-refractivity contribution in [3.63, 3.8) is 0 Å². The molecule has 0 aliphatic carbocycles. The van der Waals surface area contributed by atoms with Crippen LogP contribution < -0.4 is 4.90 Å². The molecule has 1 saturated heterocycles. The number of aromatic amines is 1. The Morgan fingerprint density at radius 3 is 3.00 bits per heavy atom. The molecule has 1 atom stereocenters. The van der Waals surface area contributed by atoms with Crippen molar-refractivity contribution in [3.05, 3.63) is 47.8 Å². The molecule has 2 aromatic rings. The van der Waals surface area contributed by atoms with E-state index < -0.39 is 0 Å². The van der Waals surface area contributed by atoms with Gasteiger partial charge in [0.15, 0.2) is 0 Å². The molecule has 2 aliphatic heterocycles. The number of piperidine rings is 1. The Balaban J connectivity index is 1.40. The van der Waals surface area contributed by atoms with E-state index in [-0.39, 0.29) is 11.9 Å². The van der Waals surface area contributed by atoms with Crippen LogP contribution in [0.4, 0.5) is 5.69 Å². The van der Waals surface area contributed by atoms with Gasteiger partial charge in [-0.1, -0.05) is 18.2 Å². The molecule has 24 heavy (non-hydrogen) atoms. The SMILES string of the molecule is O=C(CCN1CCc2ccccc21)N1CCCC[C@@H]1c1ccn[nH]1. The summed E-state index contributed by atoms with van der Waals surface area (Å²) in [6, 6.07) is 10.7. The highest BCUT2D eigenvalue weighted by atomic mass is 16.2. The molecule has 0 unspecified atom stereocenters. The van der Waals surface area contributed by atoms with E-state index in [1.54, 1.807) is 6.20 Å². The van der Waals surface area contributed by atoms with Crippen molar-refractivity contribution < 1.29 is 4.79 Å². The summed E-state index contributed by atoms with van der Waals surface area (Å²) >= 11 is 0. The van der Waals surface area contributed by atoms with Crippen LogP contribution in [0.1, 0.15) is 43.0 Å². The number of hydrogen-bond donors (Lipinski definition) is 1. The number of H-pyrrole nitrogens is 1. The Labute approximate surface area is 142 Å². The average molecular weight is 324 g/mol. The number of anilines is 1. The molecule has 0 saturated carbocycles. The van der Waals surface area contributed by atoms with Gasteiger partial charge in [-0.15, -0.1) is 0 Å². The normalized spacial score (nSPS) is 20.2. The predicted octanol–water partition coefficient (Wildman–Crippen LogP) is 2.92. The second-order valence-electron chi connectivity index (χ2n) is 6.73. The van der Waals surface area contributed by atoms with Gasteiger partial charge in [0.2, 0.25) is 5.91 Å². The number of carbonyl (C=O) groups is 1. The highest BCUT2D eigenvalue weighted by Gasteiger charge is 2.29. The number of fused-ring (bicyclic) bond motifs is 1. The highest BCUT2D eigenvalue weighted by Crippen LogP contribution is 2.31. The molecule has 0 bridgehead atoms. The highest BCUT2D eigenvalue weighted by molar-refractivity contribution is 5.77. The lowest BCUT2D eigenvalue weighted by molar-refractivity contribution is -0.135. The molecule has 1 fully saturated rings. The fourth-order valence-corrected chi connectivity index (χ4v) is 4.02. The van der Waals surface area contributed by atoms with Crippen LogP contribution in [0.3, 0.4) is 0 Å². The maximum atomic E-state index is 12.8. The summed E-state index contributed by atoms with van der Waals surface area (Å²) in [5.41, 5.74) is 3.77. The Bertz CT molecular complexity index is 697. The van der Waals surface area contributed by atoms with Gasteiger partial charge in [-0.25, -0.2) is 0 Å². The quantitative estimate of drug-likeness (QED) is 0.941. The molecule has 1 N–H and O–H groups in total. The second kappa shape index (κ2) is 6.67. The van der Waals surface area contributed by atoms with Crippen LogP contribution in [0.2, 0.25) is 0 Å². The smallest absolute Gasteiger partial charge is 0.224 e. The van der Waals surface area contributed by atoms with Crippen molar-refractivity contribution >= 4 is 11.6 Å². The third-order valence-corrected chi connectivity index (χ3v) is 5.28. The van der Waals surface area contributed by atoms with Crippen molar-refractivity contribution in [2.75, 3.05) is 24.5 Å². The van der Waals surface area contributed by atoms with E-state index in [4.69, 9.17) is 0 Å². The van der Waals surface area contributed by atoms with Gasteiger partial charge in [-0.3, -0.25) is 9.89 Å². The average Bonchev–Trinajstić information content (AvgIpc) is 3.30. The Morgan fingerprint density at radius 2 is 2.12 bits per heavy atom. The van der Waals surface area contributed by atoms with E-state index in [0.717, 1.165) is 44.6 Å².